The number of carbonyl (C=O) groups excluding carboxylic acids is 1. The molecule has 0 aromatic carbocycles. The molecule has 20 heavy (non-hydrogen) atoms. The number of carbonyl (C=O) groups is 1. The standard InChI is InChI=1S/C15H18N2OS2/c1-10-7-8-19-12(10)9-13-14(18)17-15(20-13)16-11-5-3-2-4-6-11/h7-9,11H,2-6H2,1H3,(H,16,17,18)/b13-9-. The number of nitrogens with one attached hydrogen (secondary N) is 1. The molecule has 2 heterocycles. The predicted molar refractivity (Wildman–Crippen MR) is 87.1 cm³/mol. The monoisotopic (exact) mass is 306 g/mol. The second kappa shape index (κ2) is 6.14. The lowest BCUT2D eigenvalue weighted by atomic mass is 9.96. The van der Waals surface area contributed by atoms with Crippen LogP contribution in [-0.2, 0) is 4.79 Å². The van der Waals surface area contributed by atoms with Crippen molar-refractivity contribution in [2.24, 2.45) is 4.99 Å². The molecule has 3 nitrogen and oxygen atoms in total. The predicted octanol–water partition coefficient (Wildman–Crippen LogP) is 3.95. The van der Waals surface area contributed by atoms with Crippen LogP contribution >= 0.6 is 23.1 Å². The molecule has 0 radical (unpaired) electrons. The molecule has 5 heteroatoms. The highest BCUT2D eigenvalue weighted by atomic mass is 32.2. The summed E-state index contributed by atoms with van der Waals surface area (Å²) in [5, 5.41) is 5.73. The molecule has 1 saturated heterocycles. The van der Waals surface area contributed by atoms with Crippen LogP contribution in [0.15, 0.2) is 21.3 Å². The SMILES string of the molecule is Cc1ccsc1/C=C1\SC(=NC2CCCCC2)NC1=O. The first-order valence-electron chi connectivity index (χ1n) is 7.05. The molecule has 3 rings (SSSR count). The van der Waals surface area contributed by atoms with Gasteiger partial charge in [0.05, 0.1) is 10.9 Å². The van der Waals surface area contributed by atoms with Gasteiger partial charge < -0.3 is 5.32 Å². The number of nitrogens with zero attached hydrogens (tertiary/aromatic N) is 1. The van der Waals surface area contributed by atoms with Crippen molar-refractivity contribution >= 4 is 40.2 Å². The summed E-state index contributed by atoms with van der Waals surface area (Å²) in [6.07, 6.45) is 8.13. The van der Waals surface area contributed by atoms with Gasteiger partial charge in [-0.3, -0.25) is 9.79 Å². The molecule has 0 unspecified atom stereocenters. The van der Waals surface area contributed by atoms with E-state index in [-0.39, 0.29) is 5.91 Å². The zero-order chi connectivity index (χ0) is 13.9. The average molecular weight is 306 g/mol. The Kier molecular flexibility index (Phi) is 4.27. The second-order valence-corrected chi connectivity index (χ2v) is 7.24. The number of amidine groups is 1. The van der Waals surface area contributed by atoms with Crippen LogP contribution < -0.4 is 5.32 Å². The van der Waals surface area contributed by atoms with Gasteiger partial charge in [-0.25, -0.2) is 0 Å². The third-order valence-electron chi connectivity index (χ3n) is 3.69. The van der Waals surface area contributed by atoms with Crippen molar-refractivity contribution in [1.82, 2.24) is 5.32 Å². The Morgan fingerprint density at radius 2 is 2.15 bits per heavy atom. The summed E-state index contributed by atoms with van der Waals surface area (Å²) in [5.74, 6) is -0.0163. The highest BCUT2D eigenvalue weighted by Gasteiger charge is 2.25. The lowest BCUT2D eigenvalue weighted by molar-refractivity contribution is -0.115. The molecule has 0 bridgehead atoms. The summed E-state index contributed by atoms with van der Waals surface area (Å²) >= 11 is 3.14. The molecule has 1 aromatic rings. The minimum absolute atomic E-state index is 0.0163. The van der Waals surface area contributed by atoms with Gasteiger partial charge in [-0.15, -0.1) is 11.3 Å². The van der Waals surface area contributed by atoms with Crippen molar-refractivity contribution in [3.63, 3.8) is 0 Å². The molecule has 1 N–H and O–H groups in total. The number of thioether (sulfide) groups is 1. The minimum atomic E-state index is -0.0163. The zero-order valence-electron chi connectivity index (χ0n) is 11.5. The van der Waals surface area contributed by atoms with Gasteiger partial charge in [0, 0.05) is 4.88 Å². The fraction of sp³-hybridized carbons (Fsp3) is 0.467. The molecule has 0 spiro atoms. The number of aryl methyl sites for hydroxylation is 1. The number of hydrogen-bond acceptors (Lipinski definition) is 4. The van der Waals surface area contributed by atoms with Crippen LogP contribution in [0.5, 0.6) is 0 Å². The maximum atomic E-state index is 12.0. The smallest absolute Gasteiger partial charge is 0.264 e. The summed E-state index contributed by atoms with van der Waals surface area (Å²) in [4.78, 5) is 18.6. The number of thiophene rings is 1. The van der Waals surface area contributed by atoms with Crippen LogP contribution in [0.2, 0.25) is 0 Å². The highest BCUT2D eigenvalue weighted by Crippen LogP contribution is 2.30. The lowest BCUT2D eigenvalue weighted by Gasteiger charge is -2.17. The van der Waals surface area contributed by atoms with Crippen LogP contribution in [0.25, 0.3) is 6.08 Å². The Balaban J connectivity index is 1.73. The molecule has 1 aromatic heterocycles. The van der Waals surface area contributed by atoms with E-state index in [1.165, 1.54) is 36.6 Å². The molecule has 106 valence electrons. The lowest BCUT2D eigenvalue weighted by Crippen LogP contribution is -2.22. The molecule has 0 atom stereocenters. The third kappa shape index (κ3) is 3.15. The zero-order valence-corrected chi connectivity index (χ0v) is 13.1. The summed E-state index contributed by atoms with van der Waals surface area (Å²) in [6, 6.07) is 2.47. The molecule has 1 amide bonds. The maximum Gasteiger partial charge on any atom is 0.264 e. The van der Waals surface area contributed by atoms with Crippen molar-refractivity contribution in [3.05, 3.63) is 26.8 Å². The van der Waals surface area contributed by atoms with Crippen LogP contribution in [-0.4, -0.2) is 17.1 Å². The Bertz CT molecular complexity index is 568. The van der Waals surface area contributed by atoms with Crippen molar-refractivity contribution < 1.29 is 4.79 Å². The number of rotatable bonds is 2. The van der Waals surface area contributed by atoms with E-state index >= 15 is 0 Å². The fourth-order valence-electron chi connectivity index (χ4n) is 2.52. The average Bonchev–Trinajstić information content (AvgIpc) is 2.99. The Labute approximate surface area is 127 Å². The van der Waals surface area contributed by atoms with E-state index in [9.17, 15) is 4.79 Å². The van der Waals surface area contributed by atoms with Gasteiger partial charge >= 0.3 is 0 Å². The molecule has 1 aliphatic carbocycles. The summed E-state index contributed by atoms with van der Waals surface area (Å²) in [5.41, 5.74) is 1.22. The largest absolute Gasteiger partial charge is 0.301 e. The second-order valence-electron chi connectivity index (χ2n) is 5.26. The van der Waals surface area contributed by atoms with Gasteiger partial charge in [0.2, 0.25) is 0 Å². The Morgan fingerprint density at radius 3 is 2.85 bits per heavy atom. The molecule has 1 aliphatic heterocycles. The van der Waals surface area contributed by atoms with Gasteiger partial charge in [-0.05, 0) is 54.6 Å². The van der Waals surface area contributed by atoms with Crippen molar-refractivity contribution in [2.45, 2.75) is 45.1 Å². The van der Waals surface area contributed by atoms with E-state index in [4.69, 9.17) is 4.99 Å². The first kappa shape index (κ1) is 13.9. The third-order valence-corrected chi connectivity index (χ3v) is 5.58. The van der Waals surface area contributed by atoms with E-state index in [1.54, 1.807) is 11.3 Å². The number of amides is 1. The summed E-state index contributed by atoms with van der Waals surface area (Å²) in [7, 11) is 0. The van der Waals surface area contributed by atoms with Gasteiger partial charge in [0.15, 0.2) is 5.17 Å². The molecular formula is C15H18N2OS2. The number of aliphatic imine (C=N–C) groups is 1. The van der Waals surface area contributed by atoms with Crippen molar-refractivity contribution in [2.75, 3.05) is 0 Å². The van der Waals surface area contributed by atoms with Gasteiger partial charge in [-0.1, -0.05) is 19.3 Å². The van der Waals surface area contributed by atoms with Crippen LogP contribution in [0.1, 0.15) is 42.5 Å². The quantitative estimate of drug-likeness (QED) is 0.841. The van der Waals surface area contributed by atoms with Crippen LogP contribution in [0, 0.1) is 6.92 Å². The first-order valence-corrected chi connectivity index (χ1v) is 8.75. The normalized spacial score (nSPS) is 24.6. The van der Waals surface area contributed by atoms with E-state index in [0.717, 1.165) is 27.8 Å². The van der Waals surface area contributed by atoms with Crippen LogP contribution in [0.4, 0.5) is 0 Å². The fourth-order valence-corrected chi connectivity index (χ4v) is 4.32. The summed E-state index contributed by atoms with van der Waals surface area (Å²) in [6.45, 7) is 2.07. The van der Waals surface area contributed by atoms with E-state index in [1.807, 2.05) is 6.08 Å². The topological polar surface area (TPSA) is 41.5 Å². The highest BCUT2D eigenvalue weighted by molar-refractivity contribution is 8.18. The first-order chi connectivity index (χ1) is 9.72. The van der Waals surface area contributed by atoms with E-state index in [0.29, 0.717) is 6.04 Å². The molecule has 2 fully saturated rings. The van der Waals surface area contributed by atoms with Crippen LogP contribution in [0.3, 0.4) is 0 Å². The van der Waals surface area contributed by atoms with E-state index in [2.05, 4.69) is 23.7 Å². The van der Waals surface area contributed by atoms with Gasteiger partial charge in [0.25, 0.3) is 5.91 Å². The summed E-state index contributed by atoms with van der Waals surface area (Å²) < 4.78 is 0. The minimum Gasteiger partial charge on any atom is -0.301 e. The van der Waals surface area contributed by atoms with E-state index < -0.39 is 0 Å². The molecule has 1 saturated carbocycles. The molecular weight excluding hydrogens is 288 g/mol. The van der Waals surface area contributed by atoms with Gasteiger partial charge in [0.1, 0.15) is 0 Å². The maximum absolute atomic E-state index is 12.0. The Hall–Kier alpha value is -1.07. The van der Waals surface area contributed by atoms with Crippen molar-refractivity contribution in [3.8, 4) is 0 Å². The van der Waals surface area contributed by atoms with Crippen molar-refractivity contribution in [1.29, 1.82) is 0 Å². The molecule has 2 aliphatic rings. The van der Waals surface area contributed by atoms with Gasteiger partial charge in [-0.2, -0.15) is 0 Å². The number of hydrogen-bond donors (Lipinski definition) is 1. The Morgan fingerprint density at radius 1 is 1.35 bits per heavy atom.